The summed E-state index contributed by atoms with van der Waals surface area (Å²) < 4.78 is 14.2. The molecule has 2 aromatic heterocycles. The third-order valence-corrected chi connectivity index (χ3v) is 5.38. The van der Waals surface area contributed by atoms with Crippen molar-refractivity contribution in [3.05, 3.63) is 47.4 Å². The molecule has 0 saturated heterocycles. The van der Waals surface area contributed by atoms with Gasteiger partial charge in [-0.05, 0) is 70.2 Å². The van der Waals surface area contributed by atoms with Gasteiger partial charge in [0.25, 0.3) is 0 Å². The van der Waals surface area contributed by atoms with Crippen LogP contribution in [0.4, 0.5) is 0 Å². The highest BCUT2D eigenvalue weighted by atomic mass is 16.6. The number of carbonyl (C=O) groups is 2. The maximum Gasteiger partial charge on any atom is 0.361 e. The van der Waals surface area contributed by atoms with Gasteiger partial charge >= 0.3 is 11.9 Å². The average molecular weight is 439 g/mol. The van der Waals surface area contributed by atoms with Crippen LogP contribution in [0.15, 0.2) is 30.5 Å². The highest BCUT2D eigenvalue weighted by Gasteiger charge is 2.24. The first kappa shape index (κ1) is 22.0. The van der Waals surface area contributed by atoms with Gasteiger partial charge in [-0.2, -0.15) is 0 Å². The van der Waals surface area contributed by atoms with Crippen LogP contribution in [0, 0.1) is 0 Å². The Hall–Kier alpha value is -3.16. The van der Waals surface area contributed by atoms with Gasteiger partial charge < -0.3 is 14.0 Å². The Bertz CT molecular complexity index is 1130. The quantitative estimate of drug-likeness (QED) is 0.493. The number of esters is 2. The number of carbonyl (C=O) groups excluding carboxylic acids is 2. The molecule has 0 N–H and O–H groups in total. The van der Waals surface area contributed by atoms with Gasteiger partial charge in [0.05, 0.1) is 25.8 Å². The minimum Gasteiger partial charge on any atom is -0.466 e. The van der Waals surface area contributed by atoms with E-state index in [-0.39, 0.29) is 18.1 Å². The molecule has 1 aromatic carbocycles. The molecule has 8 nitrogen and oxygen atoms in total. The van der Waals surface area contributed by atoms with E-state index >= 15 is 0 Å². The van der Waals surface area contributed by atoms with Crippen molar-refractivity contribution in [1.29, 1.82) is 0 Å². The van der Waals surface area contributed by atoms with Crippen molar-refractivity contribution in [3.63, 3.8) is 0 Å². The monoisotopic (exact) mass is 438 g/mol. The molecule has 1 saturated carbocycles. The first-order chi connectivity index (χ1) is 15.2. The summed E-state index contributed by atoms with van der Waals surface area (Å²) in [5.74, 6) is -0.0546. The van der Waals surface area contributed by atoms with E-state index in [1.807, 2.05) is 20.8 Å². The van der Waals surface area contributed by atoms with Crippen LogP contribution in [0.5, 0.6) is 0 Å². The molecule has 1 fully saturated rings. The number of benzene rings is 1. The van der Waals surface area contributed by atoms with E-state index in [0.29, 0.717) is 25.6 Å². The summed E-state index contributed by atoms with van der Waals surface area (Å²) in [7, 11) is 0. The lowest BCUT2D eigenvalue weighted by atomic mass is 10.1. The summed E-state index contributed by atoms with van der Waals surface area (Å²) in [5, 5.41) is 9.23. The second kappa shape index (κ2) is 8.76. The molecule has 0 amide bonds. The molecule has 1 aliphatic rings. The largest absolute Gasteiger partial charge is 0.466 e. The highest BCUT2D eigenvalue weighted by Crippen LogP contribution is 2.41. The zero-order valence-electron chi connectivity index (χ0n) is 19.1. The van der Waals surface area contributed by atoms with Crippen LogP contribution in [-0.2, 0) is 27.4 Å². The summed E-state index contributed by atoms with van der Waals surface area (Å²) in [4.78, 5) is 24.3. The van der Waals surface area contributed by atoms with Gasteiger partial charge in [0.2, 0.25) is 0 Å². The van der Waals surface area contributed by atoms with E-state index < -0.39 is 11.6 Å². The Morgan fingerprint density at radius 2 is 1.97 bits per heavy atom. The molecule has 0 radical (unpaired) electrons. The van der Waals surface area contributed by atoms with Crippen molar-refractivity contribution >= 4 is 22.8 Å². The number of aryl methyl sites for hydroxylation is 1. The van der Waals surface area contributed by atoms with Crippen LogP contribution >= 0.6 is 0 Å². The van der Waals surface area contributed by atoms with Gasteiger partial charge in [0.1, 0.15) is 5.60 Å². The number of nitrogens with zero attached hydrogens (tertiary/aromatic N) is 4. The number of rotatable bonds is 8. The third kappa shape index (κ3) is 5.18. The van der Waals surface area contributed by atoms with Crippen molar-refractivity contribution in [3.8, 4) is 0 Å². The van der Waals surface area contributed by atoms with Gasteiger partial charge in [0, 0.05) is 23.1 Å². The predicted molar refractivity (Wildman–Crippen MR) is 119 cm³/mol. The maximum atomic E-state index is 12.3. The second-order valence-electron chi connectivity index (χ2n) is 9.24. The second-order valence-corrected chi connectivity index (χ2v) is 9.24. The molecule has 8 heteroatoms. The topological polar surface area (TPSA) is 88.2 Å². The molecule has 0 unspecified atom stereocenters. The van der Waals surface area contributed by atoms with Crippen LogP contribution in [0.3, 0.4) is 0 Å². The van der Waals surface area contributed by atoms with E-state index in [1.165, 1.54) is 18.4 Å². The van der Waals surface area contributed by atoms with E-state index in [2.05, 4.69) is 39.1 Å². The lowest BCUT2D eigenvalue weighted by molar-refractivity contribution is -0.143. The fourth-order valence-corrected chi connectivity index (χ4v) is 3.81. The smallest absolute Gasteiger partial charge is 0.361 e. The number of aromatic nitrogens is 4. The molecule has 1 aliphatic carbocycles. The lowest BCUT2D eigenvalue weighted by Gasteiger charge is -2.18. The minimum absolute atomic E-state index is 0.171. The van der Waals surface area contributed by atoms with Gasteiger partial charge in [-0.15, -0.1) is 5.10 Å². The van der Waals surface area contributed by atoms with Crippen LogP contribution in [-0.4, -0.2) is 43.7 Å². The zero-order chi connectivity index (χ0) is 22.9. The van der Waals surface area contributed by atoms with Crippen LogP contribution in [0.25, 0.3) is 10.9 Å². The number of hydrogen-bond acceptors (Lipinski definition) is 6. The molecule has 0 atom stereocenters. The summed E-state index contributed by atoms with van der Waals surface area (Å²) in [6, 6.07) is 8.68. The summed E-state index contributed by atoms with van der Waals surface area (Å²) in [6.45, 7) is 8.55. The molecule has 4 rings (SSSR count). The molecule has 0 spiro atoms. The fourth-order valence-electron chi connectivity index (χ4n) is 3.81. The third-order valence-electron chi connectivity index (χ3n) is 5.38. The Morgan fingerprint density at radius 1 is 1.19 bits per heavy atom. The van der Waals surface area contributed by atoms with Crippen molar-refractivity contribution in [1.82, 2.24) is 19.6 Å². The van der Waals surface area contributed by atoms with Crippen molar-refractivity contribution in [2.24, 2.45) is 0 Å². The highest BCUT2D eigenvalue weighted by molar-refractivity contribution is 5.87. The molecular formula is C24H30N4O4. The Kier molecular flexibility index (Phi) is 6.04. The van der Waals surface area contributed by atoms with Gasteiger partial charge in [-0.3, -0.25) is 4.79 Å². The molecule has 3 aromatic rings. The van der Waals surface area contributed by atoms with Crippen LogP contribution in [0.2, 0.25) is 0 Å². The van der Waals surface area contributed by atoms with Crippen LogP contribution < -0.4 is 0 Å². The fraction of sp³-hybridized carbons (Fsp3) is 0.500. The SMILES string of the molecule is CCOC(=O)CCn1c(Cn2cc(C(=O)OC(C)(C)C)nn2)cc2cc(C3CC3)ccc21. The van der Waals surface area contributed by atoms with Gasteiger partial charge in [-0.25, -0.2) is 9.48 Å². The molecule has 0 aliphatic heterocycles. The first-order valence-electron chi connectivity index (χ1n) is 11.1. The Morgan fingerprint density at radius 3 is 2.66 bits per heavy atom. The predicted octanol–water partition coefficient (Wildman–Crippen LogP) is 4.07. The lowest BCUT2D eigenvalue weighted by Crippen LogP contribution is -2.24. The van der Waals surface area contributed by atoms with Crippen molar-refractivity contribution in [2.45, 2.75) is 71.6 Å². The number of ether oxygens (including phenoxy) is 2. The minimum atomic E-state index is -0.598. The average Bonchev–Trinajstić information content (AvgIpc) is 3.36. The molecule has 0 bridgehead atoms. The zero-order valence-corrected chi connectivity index (χ0v) is 19.1. The molecule has 170 valence electrons. The Balaban J connectivity index is 1.59. The summed E-state index contributed by atoms with van der Waals surface area (Å²) in [5.41, 5.74) is 2.99. The standard InChI is InChI=1S/C24H30N4O4/c1-5-31-22(29)10-11-28-19(13-18-12-17(16-6-7-16)8-9-21(18)28)14-27-15-20(25-26-27)23(30)32-24(2,3)4/h8-9,12-13,15-16H,5-7,10-11,14H2,1-4H3. The first-order valence-corrected chi connectivity index (χ1v) is 11.1. The molecular weight excluding hydrogens is 408 g/mol. The van der Waals surface area contributed by atoms with Crippen molar-refractivity contribution in [2.75, 3.05) is 6.61 Å². The van der Waals surface area contributed by atoms with E-state index in [0.717, 1.165) is 16.6 Å². The normalized spacial score (nSPS) is 14.0. The Labute approximate surface area is 187 Å². The number of fused-ring (bicyclic) bond motifs is 1. The van der Waals surface area contributed by atoms with E-state index in [1.54, 1.807) is 17.8 Å². The van der Waals surface area contributed by atoms with Gasteiger partial charge in [-0.1, -0.05) is 11.3 Å². The summed E-state index contributed by atoms with van der Waals surface area (Å²) in [6.07, 6.45) is 4.37. The molecule has 2 heterocycles. The summed E-state index contributed by atoms with van der Waals surface area (Å²) >= 11 is 0. The molecule has 32 heavy (non-hydrogen) atoms. The van der Waals surface area contributed by atoms with E-state index in [9.17, 15) is 9.59 Å². The number of hydrogen-bond donors (Lipinski definition) is 0. The van der Waals surface area contributed by atoms with E-state index in [4.69, 9.17) is 9.47 Å². The van der Waals surface area contributed by atoms with Crippen molar-refractivity contribution < 1.29 is 19.1 Å². The van der Waals surface area contributed by atoms with Crippen LogP contribution in [0.1, 0.15) is 74.6 Å². The van der Waals surface area contributed by atoms with Gasteiger partial charge in [0.15, 0.2) is 5.69 Å². The maximum absolute atomic E-state index is 12.3.